The minimum atomic E-state index is 1.09. The van der Waals surface area contributed by atoms with Gasteiger partial charge in [0.05, 0.1) is 5.69 Å². The molecule has 1 fully saturated rings. The van der Waals surface area contributed by atoms with Crippen molar-refractivity contribution >= 4 is 33.6 Å². The Hall–Kier alpha value is -0.410. The molecule has 0 bridgehead atoms. The van der Waals surface area contributed by atoms with E-state index in [-0.39, 0.29) is 0 Å². The summed E-state index contributed by atoms with van der Waals surface area (Å²) in [5, 5.41) is 0. The van der Waals surface area contributed by atoms with E-state index in [2.05, 4.69) is 36.2 Å². The molecule has 3 heteroatoms. The van der Waals surface area contributed by atoms with Crippen LogP contribution in [0.25, 0.3) is 0 Å². The normalized spacial score (nSPS) is 15.4. The van der Waals surface area contributed by atoms with Gasteiger partial charge in [-0.15, -0.1) is 0 Å². The van der Waals surface area contributed by atoms with Crippen molar-refractivity contribution < 1.29 is 0 Å². The van der Waals surface area contributed by atoms with E-state index >= 15 is 0 Å². The van der Waals surface area contributed by atoms with Crippen molar-refractivity contribution in [3.63, 3.8) is 0 Å². The lowest BCUT2D eigenvalue weighted by Gasteiger charge is -2.00. The third-order valence-corrected chi connectivity index (χ3v) is 4.97. The largest absolute Gasteiger partial charge is 0.235 e. The molecule has 0 amide bonds. The topological polar surface area (TPSA) is 12.4 Å². The Kier molecular flexibility index (Phi) is 4.79. The van der Waals surface area contributed by atoms with Crippen LogP contribution in [0.2, 0.25) is 0 Å². The fourth-order valence-corrected chi connectivity index (χ4v) is 3.78. The molecule has 1 aromatic carbocycles. The lowest BCUT2D eigenvalue weighted by atomic mass is 10.1. The molecular weight excluding hydrogens is 234 g/mol. The van der Waals surface area contributed by atoms with E-state index in [1.165, 1.54) is 40.7 Å². The number of hydrogen-bond donors (Lipinski definition) is 0. The zero-order valence-corrected chi connectivity index (χ0v) is 11.2. The van der Waals surface area contributed by atoms with Crippen LogP contribution < -0.4 is 0 Å². The summed E-state index contributed by atoms with van der Waals surface area (Å²) in [5.41, 5.74) is 2.52. The minimum Gasteiger partial charge on any atom is -0.235 e. The van der Waals surface area contributed by atoms with E-state index in [9.17, 15) is 0 Å². The average molecular weight is 251 g/mol. The second-order valence-electron chi connectivity index (χ2n) is 3.84. The smallest absolute Gasteiger partial charge is 0.130 e. The standard InChI is InChI=1S/C13H17NS2/c1-2-3-4-11-5-7-12(8-6-11)14-13-15-9-10-16-13/h5-8H,2-4,9-10H2,1H3. The van der Waals surface area contributed by atoms with Crippen LogP contribution in [-0.4, -0.2) is 15.9 Å². The highest BCUT2D eigenvalue weighted by atomic mass is 32.2. The number of benzene rings is 1. The van der Waals surface area contributed by atoms with Gasteiger partial charge < -0.3 is 0 Å². The molecule has 86 valence electrons. The van der Waals surface area contributed by atoms with Gasteiger partial charge in [0.1, 0.15) is 4.38 Å². The molecule has 0 spiro atoms. The van der Waals surface area contributed by atoms with E-state index in [4.69, 9.17) is 0 Å². The molecule has 2 rings (SSSR count). The predicted octanol–water partition coefficient (Wildman–Crippen LogP) is 4.50. The Balaban J connectivity index is 1.98. The maximum Gasteiger partial charge on any atom is 0.130 e. The van der Waals surface area contributed by atoms with Crippen molar-refractivity contribution in [3.8, 4) is 0 Å². The zero-order chi connectivity index (χ0) is 11.2. The maximum absolute atomic E-state index is 4.62. The van der Waals surface area contributed by atoms with Gasteiger partial charge in [-0.2, -0.15) is 0 Å². The molecule has 1 nitrogen and oxygen atoms in total. The van der Waals surface area contributed by atoms with Gasteiger partial charge >= 0.3 is 0 Å². The Labute approximate surface area is 106 Å². The molecule has 0 aromatic heterocycles. The number of rotatable bonds is 4. The molecule has 0 unspecified atom stereocenters. The van der Waals surface area contributed by atoms with Crippen LogP contribution in [0.1, 0.15) is 25.3 Å². The third kappa shape index (κ3) is 3.56. The molecule has 16 heavy (non-hydrogen) atoms. The average Bonchev–Trinajstić information content (AvgIpc) is 2.81. The summed E-state index contributed by atoms with van der Waals surface area (Å²) in [6.07, 6.45) is 3.73. The fraction of sp³-hybridized carbons (Fsp3) is 0.462. The van der Waals surface area contributed by atoms with E-state index < -0.39 is 0 Å². The van der Waals surface area contributed by atoms with Gasteiger partial charge in [0.15, 0.2) is 0 Å². The number of aliphatic imine (C=N–C) groups is 1. The predicted molar refractivity (Wildman–Crippen MR) is 77.1 cm³/mol. The SMILES string of the molecule is CCCCc1ccc(N=C2SCCS2)cc1. The molecule has 0 N–H and O–H groups in total. The molecule has 0 atom stereocenters. The minimum absolute atomic E-state index is 1.09. The first-order chi connectivity index (χ1) is 7.88. The first-order valence-corrected chi connectivity index (χ1v) is 7.79. The van der Waals surface area contributed by atoms with Crippen molar-refractivity contribution in [2.45, 2.75) is 26.2 Å². The van der Waals surface area contributed by atoms with Crippen LogP contribution in [0.15, 0.2) is 29.3 Å². The summed E-state index contributed by atoms with van der Waals surface area (Å²) in [7, 11) is 0. The molecule has 1 aliphatic rings. The lowest BCUT2D eigenvalue weighted by Crippen LogP contribution is -1.83. The molecule has 1 aliphatic heterocycles. The van der Waals surface area contributed by atoms with Crippen molar-refractivity contribution in [2.75, 3.05) is 11.5 Å². The third-order valence-electron chi connectivity index (χ3n) is 2.51. The second-order valence-corrected chi connectivity index (χ2v) is 6.27. The van der Waals surface area contributed by atoms with Crippen molar-refractivity contribution in [3.05, 3.63) is 29.8 Å². The summed E-state index contributed by atoms with van der Waals surface area (Å²) in [4.78, 5) is 4.62. The fourth-order valence-electron chi connectivity index (χ4n) is 1.59. The quantitative estimate of drug-likeness (QED) is 0.781. The summed E-state index contributed by atoms with van der Waals surface area (Å²) in [5.74, 6) is 2.41. The molecule has 1 aromatic rings. The summed E-state index contributed by atoms with van der Waals surface area (Å²) in [6, 6.07) is 8.69. The lowest BCUT2D eigenvalue weighted by molar-refractivity contribution is 0.795. The van der Waals surface area contributed by atoms with E-state index in [1.807, 2.05) is 23.5 Å². The first-order valence-electron chi connectivity index (χ1n) is 5.81. The number of nitrogens with zero attached hydrogens (tertiary/aromatic N) is 1. The van der Waals surface area contributed by atoms with Gasteiger partial charge in [0.25, 0.3) is 0 Å². The number of unbranched alkanes of at least 4 members (excludes halogenated alkanes) is 1. The Bertz CT molecular complexity index is 349. The van der Waals surface area contributed by atoms with Crippen LogP contribution in [0, 0.1) is 0 Å². The monoisotopic (exact) mass is 251 g/mol. The van der Waals surface area contributed by atoms with Gasteiger partial charge in [-0.05, 0) is 30.5 Å². The van der Waals surface area contributed by atoms with Crippen molar-refractivity contribution in [2.24, 2.45) is 4.99 Å². The Morgan fingerprint density at radius 2 is 1.81 bits per heavy atom. The van der Waals surface area contributed by atoms with E-state index in [0.717, 1.165) is 5.69 Å². The van der Waals surface area contributed by atoms with E-state index in [0.29, 0.717) is 0 Å². The Morgan fingerprint density at radius 3 is 2.44 bits per heavy atom. The van der Waals surface area contributed by atoms with Crippen LogP contribution in [0.4, 0.5) is 5.69 Å². The number of thioether (sulfide) groups is 2. The molecule has 0 saturated carbocycles. The van der Waals surface area contributed by atoms with Crippen LogP contribution in [-0.2, 0) is 6.42 Å². The Morgan fingerprint density at radius 1 is 1.12 bits per heavy atom. The summed E-state index contributed by atoms with van der Waals surface area (Å²) < 4.78 is 1.22. The van der Waals surface area contributed by atoms with Gasteiger partial charge in [0, 0.05) is 11.5 Å². The van der Waals surface area contributed by atoms with Gasteiger partial charge in [-0.25, -0.2) is 4.99 Å². The van der Waals surface area contributed by atoms with Gasteiger partial charge in [-0.1, -0.05) is 49.0 Å². The van der Waals surface area contributed by atoms with Gasteiger partial charge in [0.2, 0.25) is 0 Å². The molecule has 1 saturated heterocycles. The van der Waals surface area contributed by atoms with Crippen molar-refractivity contribution in [1.29, 1.82) is 0 Å². The molecule has 1 heterocycles. The highest BCUT2D eigenvalue weighted by Crippen LogP contribution is 2.29. The van der Waals surface area contributed by atoms with Crippen molar-refractivity contribution in [1.82, 2.24) is 0 Å². The molecule has 0 radical (unpaired) electrons. The number of hydrogen-bond acceptors (Lipinski definition) is 3. The first kappa shape index (κ1) is 12.1. The summed E-state index contributed by atoms with van der Waals surface area (Å²) >= 11 is 3.74. The van der Waals surface area contributed by atoms with E-state index in [1.54, 1.807) is 0 Å². The highest BCUT2D eigenvalue weighted by molar-refractivity contribution is 8.41. The zero-order valence-electron chi connectivity index (χ0n) is 9.61. The maximum atomic E-state index is 4.62. The molecule has 0 aliphatic carbocycles. The number of aryl methyl sites for hydroxylation is 1. The highest BCUT2D eigenvalue weighted by Gasteiger charge is 2.09. The van der Waals surface area contributed by atoms with Gasteiger partial charge in [-0.3, -0.25) is 0 Å². The van der Waals surface area contributed by atoms with Crippen LogP contribution in [0.5, 0.6) is 0 Å². The molecular formula is C13H17NS2. The van der Waals surface area contributed by atoms with Crippen LogP contribution >= 0.6 is 23.5 Å². The summed E-state index contributed by atoms with van der Waals surface area (Å²) in [6.45, 7) is 2.23. The van der Waals surface area contributed by atoms with Crippen LogP contribution in [0.3, 0.4) is 0 Å². The second kappa shape index (κ2) is 6.36.